The summed E-state index contributed by atoms with van der Waals surface area (Å²) in [5.74, 6) is 0.834. The van der Waals surface area contributed by atoms with E-state index in [1.54, 1.807) is 0 Å². The molecule has 1 unspecified atom stereocenters. The maximum atomic E-state index is 6.38. The van der Waals surface area contributed by atoms with Crippen LogP contribution in [-0.2, 0) is 10.4 Å². The molecule has 0 spiro atoms. The van der Waals surface area contributed by atoms with Gasteiger partial charge in [0.05, 0.1) is 22.3 Å². The summed E-state index contributed by atoms with van der Waals surface area (Å²) in [4.78, 5) is 5.70. The third kappa shape index (κ3) is 3.08. The van der Waals surface area contributed by atoms with Gasteiger partial charge in [-0.2, -0.15) is 0 Å². The number of fused-ring (bicyclic) bond motifs is 2. The maximum Gasteiger partial charge on any atom is 0.162 e. The molecule has 6 heteroatoms. The van der Waals surface area contributed by atoms with Crippen molar-refractivity contribution in [1.82, 2.24) is 10.8 Å². The van der Waals surface area contributed by atoms with Crippen LogP contribution in [0.4, 0.5) is 0 Å². The van der Waals surface area contributed by atoms with Gasteiger partial charge in [0.2, 0.25) is 0 Å². The summed E-state index contributed by atoms with van der Waals surface area (Å²) in [5, 5.41) is 4.19. The highest BCUT2D eigenvalue weighted by atomic mass is 35.5. The molecule has 4 nitrogen and oxygen atoms in total. The first-order chi connectivity index (χ1) is 12.7. The van der Waals surface area contributed by atoms with Crippen molar-refractivity contribution in [1.29, 1.82) is 0 Å². The van der Waals surface area contributed by atoms with Crippen molar-refractivity contribution in [2.45, 2.75) is 18.4 Å². The largest absolute Gasteiger partial charge is 0.477 e. The molecule has 0 saturated heterocycles. The SMILES string of the molecule is CNCCCONC1=C2CC2(c2ccc(Cl)c(Cl)c2)Oc2ccccc21. The van der Waals surface area contributed by atoms with Gasteiger partial charge in [0, 0.05) is 23.1 Å². The normalized spacial score (nSPS) is 20.3. The number of nitrogens with one attached hydrogen (secondary N) is 2. The minimum absolute atomic E-state index is 0.487. The van der Waals surface area contributed by atoms with Crippen LogP contribution < -0.4 is 15.5 Å². The van der Waals surface area contributed by atoms with Crippen molar-refractivity contribution in [3.05, 3.63) is 69.2 Å². The second kappa shape index (κ2) is 7.12. The first kappa shape index (κ1) is 17.7. The fourth-order valence-electron chi connectivity index (χ4n) is 3.35. The Morgan fingerprint density at radius 2 is 2.00 bits per heavy atom. The van der Waals surface area contributed by atoms with E-state index in [4.69, 9.17) is 32.8 Å². The minimum atomic E-state index is -0.487. The summed E-state index contributed by atoms with van der Waals surface area (Å²) in [7, 11) is 1.93. The second-order valence-electron chi connectivity index (χ2n) is 6.49. The van der Waals surface area contributed by atoms with Crippen LogP contribution in [0.5, 0.6) is 5.75 Å². The monoisotopic (exact) mass is 390 g/mol. The summed E-state index contributed by atoms with van der Waals surface area (Å²) in [5.41, 5.74) is 6.86. The third-order valence-electron chi connectivity index (χ3n) is 4.76. The van der Waals surface area contributed by atoms with Gasteiger partial charge in [0.1, 0.15) is 5.75 Å². The van der Waals surface area contributed by atoms with Crippen molar-refractivity contribution in [3.8, 4) is 5.75 Å². The average Bonchev–Trinajstić information content (AvgIpc) is 3.38. The number of rotatable bonds is 7. The molecule has 4 rings (SSSR count). The van der Waals surface area contributed by atoms with Gasteiger partial charge >= 0.3 is 0 Å². The first-order valence-electron chi connectivity index (χ1n) is 8.66. The fourth-order valence-corrected chi connectivity index (χ4v) is 3.65. The zero-order valence-corrected chi connectivity index (χ0v) is 16.0. The van der Waals surface area contributed by atoms with Crippen LogP contribution in [0.25, 0.3) is 5.70 Å². The molecule has 2 aliphatic rings. The topological polar surface area (TPSA) is 42.5 Å². The summed E-state index contributed by atoms with van der Waals surface area (Å²) in [6.07, 6.45) is 1.73. The molecule has 0 aromatic heterocycles. The fraction of sp³-hybridized carbons (Fsp3) is 0.300. The molecule has 1 fully saturated rings. The van der Waals surface area contributed by atoms with E-state index in [1.165, 1.54) is 5.57 Å². The molecule has 136 valence electrons. The molecule has 0 amide bonds. The lowest BCUT2D eigenvalue weighted by Crippen LogP contribution is -2.25. The molecule has 0 radical (unpaired) electrons. The number of benzene rings is 2. The predicted octanol–water partition coefficient (Wildman–Crippen LogP) is 4.53. The van der Waals surface area contributed by atoms with E-state index in [-0.39, 0.29) is 0 Å². The van der Waals surface area contributed by atoms with E-state index in [0.29, 0.717) is 16.7 Å². The van der Waals surface area contributed by atoms with Crippen LogP contribution in [0.3, 0.4) is 0 Å². The van der Waals surface area contributed by atoms with Crippen LogP contribution in [0.2, 0.25) is 10.0 Å². The van der Waals surface area contributed by atoms with Crippen LogP contribution in [-0.4, -0.2) is 20.2 Å². The van der Waals surface area contributed by atoms with Gasteiger partial charge in [0.15, 0.2) is 5.60 Å². The summed E-state index contributed by atoms with van der Waals surface area (Å²) in [6, 6.07) is 13.7. The van der Waals surface area contributed by atoms with Gasteiger partial charge in [-0.05, 0) is 44.3 Å². The highest BCUT2D eigenvalue weighted by Gasteiger charge is 2.58. The van der Waals surface area contributed by atoms with Gasteiger partial charge in [-0.15, -0.1) is 0 Å². The zero-order valence-electron chi connectivity index (χ0n) is 14.4. The minimum Gasteiger partial charge on any atom is -0.477 e. The molecule has 1 heterocycles. The van der Waals surface area contributed by atoms with Gasteiger partial charge in [-0.3, -0.25) is 10.3 Å². The van der Waals surface area contributed by atoms with Gasteiger partial charge in [-0.1, -0.05) is 41.4 Å². The van der Waals surface area contributed by atoms with Crippen molar-refractivity contribution < 1.29 is 9.57 Å². The van der Waals surface area contributed by atoms with E-state index in [1.807, 2.05) is 49.5 Å². The van der Waals surface area contributed by atoms with Crippen LogP contribution in [0.1, 0.15) is 24.0 Å². The number of hydroxylamine groups is 1. The van der Waals surface area contributed by atoms with E-state index >= 15 is 0 Å². The number of hydrogen-bond donors (Lipinski definition) is 2. The zero-order chi connectivity index (χ0) is 18.1. The Labute approximate surface area is 163 Å². The number of para-hydroxylation sites is 1. The van der Waals surface area contributed by atoms with Crippen LogP contribution >= 0.6 is 23.2 Å². The van der Waals surface area contributed by atoms with Crippen LogP contribution in [0.15, 0.2) is 48.0 Å². The van der Waals surface area contributed by atoms with E-state index in [2.05, 4.69) is 10.8 Å². The van der Waals surface area contributed by atoms with Gasteiger partial charge in [-0.25, -0.2) is 0 Å². The molecule has 2 N–H and O–H groups in total. The van der Waals surface area contributed by atoms with E-state index in [9.17, 15) is 0 Å². The number of ether oxygens (including phenoxy) is 1. The standard InChI is InChI=1S/C20H20Cl2N2O2/c1-23-9-4-10-25-24-19-14-5-2-3-6-18(14)26-20(12-15(19)20)13-7-8-16(21)17(22)11-13/h2-3,5-8,11,23-24H,4,9-10,12H2,1H3. The Kier molecular flexibility index (Phi) is 4.84. The summed E-state index contributed by atoms with van der Waals surface area (Å²) >= 11 is 12.3. The molecule has 26 heavy (non-hydrogen) atoms. The Morgan fingerprint density at radius 1 is 1.15 bits per heavy atom. The molecule has 1 aliphatic heterocycles. The smallest absolute Gasteiger partial charge is 0.162 e. The highest BCUT2D eigenvalue weighted by molar-refractivity contribution is 6.42. The predicted molar refractivity (Wildman–Crippen MR) is 104 cm³/mol. The lowest BCUT2D eigenvalue weighted by atomic mass is 10.0. The Bertz CT molecular complexity index is 869. The molecule has 1 atom stereocenters. The van der Waals surface area contributed by atoms with E-state index in [0.717, 1.165) is 42.0 Å². The molecular formula is C20H20Cl2N2O2. The average molecular weight is 391 g/mol. The molecule has 2 aromatic rings. The Balaban J connectivity index is 1.64. The van der Waals surface area contributed by atoms with Crippen molar-refractivity contribution in [3.63, 3.8) is 0 Å². The number of halogens is 2. The van der Waals surface area contributed by atoms with Crippen molar-refractivity contribution >= 4 is 28.9 Å². The second-order valence-corrected chi connectivity index (χ2v) is 7.31. The van der Waals surface area contributed by atoms with Gasteiger partial charge < -0.3 is 10.1 Å². The van der Waals surface area contributed by atoms with Gasteiger partial charge in [0.25, 0.3) is 0 Å². The summed E-state index contributed by atoms with van der Waals surface area (Å²) in [6.45, 7) is 1.54. The van der Waals surface area contributed by atoms with Crippen molar-refractivity contribution in [2.24, 2.45) is 0 Å². The number of hydrogen-bond acceptors (Lipinski definition) is 4. The Hall–Kier alpha value is -1.72. The molecule has 0 bridgehead atoms. The molecule has 1 aliphatic carbocycles. The molecular weight excluding hydrogens is 371 g/mol. The lowest BCUT2D eigenvalue weighted by molar-refractivity contribution is 0.0748. The molecule has 2 aromatic carbocycles. The highest BCUT2D eigenvalue weighted by Crippen LogP contribution is 2.61. The van der Waals surface area contributed by atoms with Crippen LogP contribution in [0, 0.1) is 0 Å². The quantitative estimate of drug-likeness (QED) is 0.538. The summed E-state index contributed by atoms with van der Waals surface area (Å²) < 4.78 is 6.38. The van der Waals surface area contributed by atoms with E-state index < -0.39 is 5.60 Å². The Morgan fingerprint density at radius 3 is 2.81 bits per heavy atom. The lowest BCUT2D eigenvalue weighted by Gasteiger charge is -2.26. The van der Waals surface area contributed by atoms with Crippen molar-refractivity contribution in [2.75, 3.05) is 20.2 Å². The molecule has 1 saturated carbocycles. The third-order valence-corrected chi connectivity index (χ3v) is 5.50. The first-order valence-corrected chi connectivity index (χ1v) is 9.41. The maximum absolute atomic E-state index is 6.38.